The van der Waals surface area contributed by atoms with Crippen LogP contribution in [0.1, 0.15) is 39.7 Å². The van der Waals surface area contributed by atoms with Gasteiger partial charge < -0.3 is 14.7 Å². The molecule has 7 heteroatoms. The number of carbonyl (C=O) groups is 1. The minimum Gasteiger partial charge on any atom is -0.477 e. The lowest BCUT2D eigenvalue weighted by Crippen LogP contribution is -2.34. The molecule has 5 aromatic rings. The summed E-state index contributed by atoms with van der Waals surface area (Å²) in [6.07, 6.45) is 0.622. The average Bonchev–Trinajstić information content (AvgIpc) is 3.36. The van der Waals surface area contributed by atoms with Gasteiger partial charge in [-0.25, -0.2) is 4.79 Å². The summed E-state index contributed by atoms with van der Waals surface area (Å²) in [4.78, 5) is 32.1. The van der Waals surface area contributed by atoms with Crippen molar-refractivity contribution in [2.45, 2.75) is 39.0 Å². The minimum atomic E-state index is -1.21. The van der Waals surface area contributed by atoms with Crippen molar-refractivity contribution in [2.75, 3.05) is 13.1 Å². The van der Waals surface area contributed by atoms with E-state index in [2.05, 4.69) is 105 Å². The SMILES string of the molecule is CCc1cc(C(=O)O)c(=O)[nH]c1-c1ccc2c(c1)cc(CN1CC3C(C1)C3N(Cc1ccccc1)Cc1ccccc1)n2C. The first kappa shape index (κ1) is 28.3. The smallest absolute Gasteiger partial charge is 0.341 e. The van der Waals surface area contributed by atoms with Crippen molar-refractivity contribution in [2.24, 2.45) is 18.9 Å². The van der Waals surface area contributed by atoms with Crippen molar-refractivity contribution >= 4 is 16.9 Å². The Morgan fingerprint density at radius 1 is 0.909 bits per heavy atom. The van der Waals surface area contributed by atoms with Crippen LogP contribution in [0.15, 0.2) is 95.8 Å². The average molecular weight is 587 g/mol. The highest BCUT2D eigenvalue weighted by atomic mass is 16.4. The fourth-order valence-corrected chi connectivity index (χ4v) is 7.37. The number of fused-ring (bicyclic) bond motifs is 2. The minimum absolute atomic E-state index is 0.220. The number of benzene rings is 3. The summed E-state index contributed by atoms with van der Waals surface area (Å²) >= 11 is 0. The highest BCUT2D eigenvalue weighted by Crippen LogP contribution is 2.50. The second-order valence-electron chi connectivity index (χ2n) is 12.4. The van der Waals surface area contributed by atoms with Crippen LogP contribution in [-0.4, -0.2) is 49.6 Å². The van der Waals surface area contributed by atoms with Crippen molar-refractivity contribution in [3.05, 3.63) is 129 Å². The number of aryl methyl sites for hydroxylation is 2. The standard InChI is InChI=1S/C37H38N4O3/c1-3-26-18-30(37(43)44)36(42)38-34(26)27-14-15-33-28(16-27)17-29(39(33)2)21-40-22-31-32(23-40)35(31)41(19-24-10-6-4-7-11-24)20-25-12-8-5-9-13-25/h4-18,31-32,35H,3,19-23H2,1-2H3,(H,38,42)(H,43,44). The van der Waals surface area contributed by atoms with Crippen molar-refractivity contribution < 1.29 is 9.90 Å². The Morgan fingerprint density at radius 3 is 2.14 bits per heavy atom. The van der Waals surface area contributed by atoms with Gasteiger partial charge in [-0.3, -0.25) is 14.6 Å². The highest BCUT2D eigenvalue weighted by molar-refractivity contribution is 5.89. The van der Waals surface area contributed by atoms with Crippen molar-refractivity contribution in [3.8, 4) is 11.3 Å². The first-order valence-electron chi connectivity index (χ1n) is 15.5. The van der Waals surface area contributed by atoms with Crippen LogP contribution < -0.4 is 5.56 Å². The van der Waals surface area contributed by atoms with Crippen LogP contribution in [-0.2, 0) is 33.1 Å². The van der Waals surface area contributed by atoms with Crippen molar-refractivity contribution in [3.63, 3.8) is 0 Å². The van der Waals surface area contributed by atoms with E-state index in [1.807, 2.05) is 13.0 Å². The molecule has 2 atom stereocenters. The Bertz CT molecular complexity index is 1820. The van der Waals surface area contributed by atoms with Crippen LogP contribution in [0.3, 0.4) is 0 Å². The quantitative estimate of drug-likeness (QED) is 0.212. The van der Waals surface area contributed by atoms with E-state index in [-0.39, 0.29) is 5.56 Å². The van der Waals surface area contributed by atoms with E-state index in [0.29, 0.717) is 30.0 Å². The third-order valence-corrected chi connectivity index (χ3v) is 9.65. The van der Waals surface area contributed by atoms with Gasteiger partial charge in [-0.15, -0.1) is 0 Å². The highest BCUT2D eigenvalue weighted by Gasteiger charge is 2.57. The molecular weight excluding hydrogens is 548 g/mol. The van der Waals surface area contributed by atoms with Gasteiger partial charge in [0.2, 0.25) is 0 Å². The van der Waals surface area contributed by atoms with Gasteiger partial charge in [0.1, 0.15) is 5.56 Å². The third kappa shape index (κ3) is 5.38. The number of H-pyrrole nitrogens is 1. The molecule has 1 aliphatic heterocycles. The number of pyridine rings is 1. The number of hydrogen-bond acceptors (Lipinski definition) is 4. The second kappa shape index (κ2) is 11.6. The molecule has 2 N–H and O–H groups in total. The molecule has 1 aliphatic carbocycles. The number of hydrogen-bond donors (Lipinski definition) is 2. The van der Waals surface area contributed by atoms with Gasteiger partial charge in [0.25, 0.3) is 5.56 Å². The number of nitrogens with zero attached hydrogens (tertiary/aromatic N) is 3. The zero-order valence-corrected chi connectivity index (χ0v) is 25.2. The molecule has 0 bridgehead atoms. The van der Waals surface area contributed by atoms with Crippen LogP contribution in [0.4, 0.5) is 0 Å². The van der Waals surface area contributed by atoms with E-state index >= 15 is 0 Å². The lowest BCUT2D eigenvalue weighted by molar-refractivity contribution is 0.0695. The third-order valence-electron chi connectivity index (χ3n) is 9.65. The Balaban J connectivity index is 1.07. The van der Waals surface area contributed by atoms with Crippen molar-refractivity contribution in [1.82, 2.24) is 19.4 Å². The van der Waals surface area contributed by atoms with E-state index in [0.717, 1.165) is 54.8 Å². The van der Waals surface area contributed by atoms with Crippen molar-refractivity contribution in [1.29, 1.82) is 0 Å². The summed E-state index contributed by atoms with van der Waals surface area (Å²) in [6.45, 7) is 7.04. The number of nitrogens with one attached hydrogen (secondary N) is 1. The number of likely N-dealkylation sites (tertiary alicyclic amines) is 1. The van der Waals surface area contributed by atoms with E-state index in [1.165, 1.54) is 22.9 Å². The molecule has 3 aromatic carbocycles. The Kier molecular flexibility index (Phi) is 7.44. The van der Waals surface area contributed by atoms with E-state index in [9.17, 15) is 14.7 Å². The number of aromatic amines is 1. The molecule has 0 radical (unpaired) electrons. The van der Waals surface area contributed by atoms with E-state index < -0.39 is 11.5 Å². The van der Waals surface area contributed by atoms with Gasteiger partial charge in [-0.2, -0.15) is 0 Å². The molecular formula is C37H38N4O3. The lowest BCUT2D eigenvalue weighted by Gasteiger charge is -2.28. The Morgan fingerprint density at radius 2 is 1.55 bits per heavy atom. The number of carboxylic acid groups (broad SMARTS) is 1. The van der Waals surface area contributed by atoms with Gasteiger partial charge in [-0.05, 0) is 64.8 Å². The summed E-state index contributed by atoms with van der Waals surface area (Å²) in [5.41, 5.74) is 6.76. The van der Waals surface area contributed by atoms with Gasteiger partial charge in [0.05, 0.1) is 5.69 Å². The summed E-state index contributed by atoms with van der Waals surface area (Å²) in [6, 6.07) is 32.2. The molecule has 7 nitrogen and oxygen atoms in total. The zero-order chi connectivity index (χ0) is 30.4. The first-order valence-corrected chi connectivity index (χ1v) is 15.5. The summed E-state index contributed by atoms with van der Waals surface area (Å²) < 4.78 is 2.27. The molecule has 1 saturated heterocycles. The van der Waals surface area contributed by atoms with Crippen LogP contribution in [0.5, 0.6) is 0 Å². The molecule has 2 aliphatic rings. The number of aromatic nitrogens is 2. The van der Waals surface area contributed by atoms with Gasteiger partial charge >= 0.3 is 5.97 Å². The predicted octanol–water partition coefficient (Wildman–Crippen LogP) is 5.93. The molecule has 7 rings (SSSR count). The van der Waals surface area contributed by atoms with Crippen LogP contribution in [0.2, 0.25) is 0 Å². The van der Waals surface area contributed by atoms with E-state index in [1.54, 1.807) is 0 Å². The number of carboxylic acids is 1. The van der Waals surface area contributed by atoms with Gasteiger partial charge in [0, 0.05) is 62.4 Å². The number of piperidine rings is 1. The topological polar surface area (TPSA) is 81.6 Å². The van der Waals surface area contributed by atoms with Gasteiger partial charge in [0.15, 0.2) is 0 Å². The zero-order valence-electron chi connectivity index (χ0n) is 25.2. The number of aromatic carboxylic acids is 1. The molecule has 2 fully saturated rings. The maximum Gasteiger partial charge on any atom is 0.341 e. The van der Waals surface area contributed by atoms with Crippen LogP contribution in [0.25, 0.3) is 22.2 Å². The van der Waals surface area contributed by atoms with Crippen LogP contribution >= 0.6 is 0 Å². The Hall–Kier alpha value is -4.46. The van der Waals surface area contributed by atoms with E-state index in [4.69, 9.17) is 0 Å². The second-order valence-corrected chi connectivity index (χ2v) is 12.4. The molecule has 3 heterocycles. The molecule has 224 valence electrons. The molecule has 44 heavy (non-hydrogen) atoms. The first-order chi connectivity index (χ1) is 21.4. The fraction of sp³-hybridized carbons (Fsp3) is 0.297. The molecule has 0 amide bonds. The summed E-state index contributed by atoms with van der Waals surface area (Å²) in [5.74, 6) is 0.185. The molecule has 2 aromatic heterocycles. The normalized spacial score (nSPS) is 19.5. The summed E-state index contributed by atoms with van der Waals surface area (Å²) in [7, 11) is 2.12. The lowest BCUT2D eigenvalue weighted by atomic mass is 10.0. The predicted molar refractivity (Wildman–Crippen MR) is 173 cm³/mol. The molecule has 1 saturated carbocycles. The fourth-order valence-electron chi connectivity index (χ4n) is 7.37. The Labute approximate surface area is 257 Å². The molecule has 2 unspecified atom stereocenters. The maximum atomic E-state index is 12.5. The largest absolute Gasteiger partial charge is 0.477 e. The maximum absolute atomic E-state index is 12.5. The number of rotatable bonds is 10. The van der Waals surface area contributed by atoms with Gasteiger partial charge in [-0.1, -0.05) is 73.7 Å². The van der Waals surface area contributed by atoms with Crippen LogP contribution in [0, 0.1) is 11.8 Å². The monoisotopic (exact) mass is 586 g/mol. The molecule has 0 spiro atoms. The summed E-state index contributed by atoms with van der Waals surface area (Å²) in [5, 5.41) is 10.5.